The second-order valence-corrected chi connectivity index (χ2v) is 8.83. The van der Waals surface area contributed by atoms with Crippen molar-refractivity contribution in [1.82, 2.24) is 5.32 Å². The lowest BCUT2D eigenvalue weighted by Gasteiger charge is -2.40. The molecule has 35 heavy (non-hydrogen) atoms. The molecule has 2 aliphatic rings. The highest BCUT2D eigenvalue weighted by atomic mass is 16.7. The minimum absolute atomic E-state index is 0.186. The molecule has 1 aliphatic heterocycles. The Morgan fingerprint density at radius 3 is 2.37 bits per heavy atom. The van der Waals surface area contributed by atoms with E-state index in [2.05, 4.69) is 10.3 Å². The van der Waals surface area contributed by atoms with Crippen molar-refractivity contribution < 1.29 is 43.5 Å². The quantitative estimate of drug-likeness (QED) is 0.0737. The fourth-order valence-electron chi connectivity index (χ4n) is 3.48. The molecule has 14 nitrogen and oxygen atoms in total. The van der Waals surface area contributed by atoms with Crippen LogP contribution in [0.25, 0.3) is 0 Å². The summed E-state index contributed by atoms with van der Waals surface area (Å²) < 4.78 is 21.8. The molecule has 1 fully saturated rings. The van der Waals surface area contributed by atoms with E-state index in [9.17, 15) is 24.6 Å². The van der Waals surface area contributed by atoms with Gasteiger partial charge >= 0.3 is 11.9 Å². The van der Waals surface area contributed by atoms with E-state index >= 15 is 0 Å². The molecule has 0 aromatic carbocycles. The summed E-state index contributed by atoms with van der Waals surface area (Å²) in [6, 6.07) is -2.91. The monoisotopic (exact) mass is 501 g/mol. The number of amides is 1. The van der Waals surface area contributed by atoms with Gasteiger partial charge in [-0.3, -0.25) is 9.59 Å². The van der Waals surface area contributed by atoms with Crippen molar-refractivity contribution in [2.24, 2.45) is 28.1 Å². The molecule has 0 aromatic rings. The van der Waals surface area contributed by atoms with Gasteiger partial charge in [-0.25, -0.2) is 9.79 Å². The third-order valence-corrected chi connectivity index (χ3v) is 5.55. The number of esters is 2. The molecule has 198 valence electrons. The third-order valence-electron chi connectivity index (χ3n) is 5.55. The fourth-order valence-corrected chi connectivity index (χ4v) is 3.48. The van der Waals surface area contributed by atoms with Gasteiger partial charge in [-0.1, -0.05) is 13.8 Å². The van der Waals surface area contributed by atoms with Gasteiger partial charge in [0, 0.05) is 26.9 Å². The summed E-state index contributed by atoms with van der Waals surface area (Å²) >= 11 is 0. The fraction of sp³-hybridized carbons (Fsp3) is 0.714. The zero-order valence-electron chi connectivity index (χ0n) is 20.2. The van der Waals surface area contributed by atoms with Crippen LogP contribution < -0.4 is 22.5 Å². The standard InChI is InChI=1S/C21H35N5O9/c1-9(2)14(22)19(31)35-21(5-6-21)34-18(30)13-7-11(26-20(23)24)15(25-10(3)28)17(33-13)16(32-4)12(29)8-27/h7,9,11-12,14-17,27,29H,5-6,8,22H2,1-4H3,(H,25,28)(H4,23,24,26). The van der Waals surface area contributed by atoms with Crippen LogP contribution in [-0.2, 0) is 33.3 Å². The number of aliphatic hydroxyl groups excluding tert-OH is 2. The molecule has 6 atom stereocenters. The van der Waals surface area contributed by atoms with Crippen molar-refractivity contribution in [2.75, 3.05) is 13.7 Å². The number of hydrogen-bond acceptors (Lipinski definition) is 11. The second kappa shape index (κ2) is 11.7. The summed E-state index contributed by atoms with van der Waals surface area (Å²) in [4.78, 5) is 41.2. The molecule has 0 spiro atoms. The molecular formula is C21H35N5O9. The number of ether oxygens (including phenoxy) is 4. The zero-order chi connectivity index (χ0) is 26.5. The average Bonchev–Trinajstić information content (AvgIpc) is 3.52. The van der Waals surface area contributed by atoms with Crippen LogP contribution in [-0.4, -0.2) is 90.0 Å². The number of carbonyl (C=O) groups is 3. The lowest BCUT2D eigenvalue weighted by molar-refractivity contribution is -0.199. The van der Waals surface area contributed by atoms with Crippen molar-refractivity contribution in [3.8, 4) is 0 Å². The molecule has 1 saturated carbocycles. The van der Waals surface area contributed by atoms with Gasteiger partial charge in [-0.05, 0) is 12.0 Å². The van der Waals surface area contributed by atoms with Crippen LogP contribution in [0.1, 0.15) is 33.6 Å². The maximum Gasteiger partial charge on any atom is 0.376 e. The first-order valence-corrected chi connectivity index (χ1v) is 11.1. The number of aliphatic hydroxyl groups is 2. The molecule has 0 saturated heterocycles. The Labute approximate surface area is 202 Å². The van der Waals surface area contributed by atoms with Gasteiger partial charge in [0.05, 0.1) is 18.7 Å². The van der Waals surface area contributed by atoms with Crippen LogP contribution in [0.3, 0.4) is 0 Å². The Kier molecular flexibility index (Phi) is 9.43. The molecule has 1 amide bonds. The van der Waals surface area contributed by atoms with Crippen LogP contribution in [0.5, 0.6) is 0 Å². The number of rotatable bonds is 11. The predicted octanol–water partition coefficient (Wildman–Crippen LogP) is -2.66. The zero-order valence-corrected chi connectivity index (χ0v) is 20.2. The van der Waals surface area contributed by atoms with E-state index < -0.39 is 66.7 Å². The van der Waals surface area contributed by atoms with Gasteiger partial charge in [-0.2, -0.15) is 0 Å². The van der Waals surface area contributed by atoms with E-state index in [-0.39, 0.29) is 30.5 Å². The number of nitrogens with one attached hydrogen (secondary N) is 1. The van der Waals surface area contributed by atoms with E-state index in [4.69, 9.17) is 36.1 Å². The Morgan fingerprint density at radius 2 is 1.91 bits per heavy atom. The first kappa shape index (κ1) is 28.3. The molecule has 0 radical (unpaired) electrons. The van der Waals surface area contributed by atoms with Crippen molar-refractivity contribution in [2.45, 2.75) is 75.8 Å². The van der Waals surface area contributed by atoms with Gasteiger partial charge in [-0.15, -0.1) is 0 Å². The molecule has 14 heteroatoms. The lowest BCUT2D eigenvalue weighted by Crippen LogP contribution is -2.60. The van der Waals surface area contributed by atoms with Crippen molar-refractivity contribution in [1.29, 1.82) is 0 Å². The minimum atomic E-state index is -1.48. The molecule has 0 bridgehead atoms. The van der Waals surface area contributed by atoms with E-state index in [0.29, 0.717) is 0 Å². The Hall–Kier alpha value is -2.94. The van der Waals surface area contributed by atoms with Crippen LogP contribution in [0.15, 0.2) is 16.8 Å². The largest absolute Gasteiger partial charge is 0.478 e. The second-order valence-electron chi connectivity index (χ2n) is 8.83. The SMILES string of the molecule is COC(C(O)CO)C1OC(C(=O)OC2(OC(=O)C(N)C(C)C)CC2)=CC(N=C(N)N)C1NC(C)=O. The number of guanidine groups is 1. The van der Waals surface area contributed by atoms with Gasteiger partial charge in [0.15, 0.2) is 12.1 Å². The number of carbonyl (C=O) groups excluding carboxylic acids is 3. The van der Waals surface area contributed by atoms with Gasteiger partial charge in [0.2, 0.25) is 11.7 Å². The Morgan fingerprint density at radius 1 is 1.29 bits per heavy atom. The summed E-state index contributed by atoms with van der Waals surface area (Å²) in [5.74, 6) is -4.56. The summed E-state index contributed by atoms with van der Waals surface area (Å²) in [6.45, 7) is 4.05. The van der Waals surface area contributed by atoms with E-state index in [1.54, 1.807) is 13.8 Å². The van der Waals surface area contributed by atoms with Gasteiger partial charge < -0.3 is 51.7 Å². The molecule has 0 aromatic heterocycles. The summed E-state index contributed by atoms with van der Waals surface area (Å²) in [7, 11) is 1.25. The maximum absolute atomic E-state index is 13.0. The van der Waals surface area contributed by atoms with Crippen molar-refractivity contribution in [3.63, 3.8) is 0 Å². The van der Waals surface area contributed by atoms with E-state index in [1.165, 1.54) is 20.1 Å². The van der Waals surface area contributed by atoms with Gasteiger partial charge in [0.25, 0.3) is 5.79 Å². The average molecular weight is 502 g/mol. The van der Waals surface area contributed by atoms with Crippen LogP contribution in [0.4, 0.5) is 0 Å². The minimum Gasteiger partial charge on any atom is -0.478 e. The highest BCUT2D eigenvalue weighted by molar-refractivity contribution is 5.88. The topological polar surface area (TPSA) is 231 Å². The smallest absolute Gasteiger partial charge is 0.376 e. The summed E-state index contributed by atoms with van der Waals surface area (Å²) in [6.07, 6.45) is -2.11. The predicted molar refractivity (Wildman–Crippen MR) is 121 cm³/mol. The number of hydrogen-bond donors (Lipinski definition) is 6. The normalized spacial score (nSPS) is 25.3. The molecule has 6 unspecified atom stereocenters. The summed E-state index contributed by atoms with van der Waals surface area (Å²) in [5.41, 5.74) is 16.9. The highest BCUT2D eigenvalue weighted by Crippen LogP contribution is 2.42. The van der Waals surface area contributed by atoms with E-state index in [0.717, 1.165) is 0 Å². The van der Waals surface area contributed by atoms with Crippen LogP contribution in [0.2, 0.25) is 0 Å². The number of nitrogens with zero attached hydrogens (tertiary/aromatic N) is 1. The Bertz CT molecular complexity index is 854. The van der Waals surface area contributed by atoms with Crippen molar-refractivity contribution in [3.05, 3.63) is 11.8 Å². The maximum atomic E-state index is 13.0. The third kappa shape index (κ3) is 7.27. The first-order chi connectivity index (χ1) is 16.3. The Balaban J connectivity index is 2.35. The number of nitrogens with two attached hydrogens (primary N) is 3. The van der Waals surface area contributed by atoms with E-state index in [1.807, 2.05) is 0 Å². The lowest BCUT2D eigenvalue weighted by atomic mass is 9.92. The number of methoxy groups -OCH3 is 1. The van der Waals surface area contributed by atoms with Gasteiger partial charge in [0.1, 0.15) is 18.2 Å². The highest BCUT2D eigenvalue weighted by Gasteiger charge is 2.54. The summed E-state index contributed by atoms with van der Waals surface area (Å²) in [5, 5.41) is 22.3. The molecular weight excluding hydrogens is 466 g/mol. The van der Waals surface area contributed by atoms with Crippen molar-refractivity contribution >= 4 is 23.8 Å². The van der Waals surface area contributed by atoms with Crippen LogP contribution in [0, 0.1) is 5.92 Å². The van der Waals surface area contributed by atoms with Crippen LogP contribution >= 0.6 is 0 Å². The molecule has 9 N–H and O–H groups in total. The molecule has 1 heterocycles. The number of aliphatic imine (C=N–C) groups is 1. The molecule has 1 aliphatic carbocycles. The first-order valence-electron chi connectivity index (χ1n) is 11.1. The molecule has 2 rings (SSSR count).